The second-order valence-corrected chi connectivity index (χ2v) is 7.59. The third-order valence-corrected chi connectivity index (χ3v) is 5.55. The smallest absolute Gasteiger partial charge is 0.194 e. The summed E-state index contributed by atoms with van der Waals surface area (Å²) in [7, 11) is 1.98. The van der Waals surface area contributed by atoms with Gasteiger partial charge in [-0.25, -0.2) is 4.99 Å². The number of benzene rings is 1. The summed E-state index contributed by atoms with van der Waals surface area (Å²) in [6.45, 7) is 7.76. The molecular formula is C22H30N6. The van der Waals surface area contributed by atoms with Gasteiger partial charge in [-0.15, -0.1) is 0 Å². The van der Waals surface area contributed by atoms with E-state index in [4.69, 9.17) is 4.99 Å². The van der Waals surface area contributed by atoms with Gasteiger partial charge in [-0.1, -0.05) is 24.3 Å². The van der Waals surface area contributed by atoms with E-state index in [1.807, 2.05) is 17.9 Å². The lowest BCUT2D eigenvalue weighted by Gasteiger charge is -2.21. The number of hydrogen-bond donors (Lipinski definition) is 1. The number of rotatable bonds is 5. The summed E-state index contributed by atoms with van der Waals surface area (Å²) in [5, 5.41) is 7.79. The topological polar surface area (TPSA) is 48.7 Å². The van der Waals surface area contributed by atoms with Crippen LogP contribution >= 0.6 is 0 Å². The van der Waals surface area contributed by atoms with Crippen molar-refractivity contribution in [3.05, 3.63) is 59.9 Å². The van der Waals surface area contributed by atoms with Crippen molar-refractivity contribution in [3.8, 4) is 0 Å². The molecule has 0 amide bonds. The lowest BCUT2D eigenvalue weighted by atomic mass is 10.0. The third kappa shape index (κ3) is 4.21. The van der Waals surface area contributed by atoms with Crippen LogP contribution in [0.3, 0.4) is 0 Å². The first-order valence-electron chi connectivity index (χ1n) is 10.2. The van der Waals surface area contributed by atoms with Crippen LogP contribution in [0.25, 0.3) is 0 Å². The van der Waals surface area contributed by atoms with Crippen LogP contribution in [0.4, 0.5) is 5.69 Å². The van der Waals surface area contributed by atoms with Gasteiger partial charge in [-0.05, 0) is 36.6 Å². The van der Waals surface area contributed by atoms with Crippen molar-refractivity contribution in [2.24, 2.45) is 12.0 Å². The Hall–Kier alpha value is -2.76. The Balaban J connectivity index is 1.39. The normalized spacial score (nSPS) is 19.6. The second kappa shape index (κ2) is 8.50. The first-order chi connectivity index (χ1) is 13.7. The molecule has 148 valence electrons. The highest BCUT2D eigenvalue weighted by Gasteiger charge is 2.26. The summed E-state index contributed by atoms with van der Waals surface area (Å²) in [4.78, 5) is 9.65. The van der Waals surface area contributed by atoms with Gasteiger partial charge in [0, 0.05) is 57.6 Å². The average molecular weight is 379 g/mol. The maximum absolute atomic E-state index is 4.91. The van der Waals surface area contributed by atoms with Gasteiger partial charge < -0.3 is 15.1 Å². The fourth-order valence-electron chi connectivity index (χ4n) is 3.97. The Morgan fingerprint density at radius 2 is 2.00 bits per heavy atom. The highest BCUT2D eigenvalue weighted by molar-refractivity contribution is 5.80. The zero-order valence-corrected chi connectivity index (χ0v) is 16.9. The molecule has 28 heavy (non-hydrogen) atoms. The first kappa shape index (κ1) is 18.6. The Morgan fingerprint density at radius 3 is 2.68 bits per heavy atom. The van der Waals surface area contributed by atoms with Crippen LogP contribution in [0.1, 0.15) is 30.4 Å². The van der Waals surface area contributed by atoms with E-state index in [1.54, 1.807) is 0 Å². The molecule has 0 aliphatic carbocycles. The molecule has 0 saturated carbocycles. The summed E-state index contributed by atoms with van der Waals surface area (Å²) < 4.78 is 1.89. The largest absolute Gasteiger partial charge is 0.364 e. The fraction of sp³-hybridized carbons (Fsp3) is 0.455. The van der Waals surface area contributed by atoms with Crippen molar-refractivity contribution in [1.82, 2.24) is 20.0 Å². The molecular weight excluding hydrogens is 348 g/mol. The zero-order chi connectivity index (χ0) is 19.3. The summed E-state index contributed by atoms with van der Waals surface area (Å²) in [6.07, 6.45) is 9.71. The minimum Gasteiger partial charge on any atom is -0.364 e. The molecule has 0 bridgehead atoms. The molecule has 2 aliphatic heterocycles. The lowest BCUT2D eigenvalue weighted by molar-refractivity contribution is 0.486. The maximum Gasteiger partial charge on any atom is 0.194 e. The Kier molecular flexibility index (Phi) is 5.65. The maximum atomic E-state index is 4.91. The van der Waals surface area contributed by atoms with E-state index in [0.29, 0.717) is 12.5 Å². The van der Waals surface area contributed by atoms with Gasteiger partial charge in [0.05, 0.1) is 12.7 Å². The molecule has 6 nitrogen and oxygen atoms in total. The molecule has 2 aliphatic rings. The van der Waals surface area contributed by atoms with Crippen molar-refractivity contribution < 1.29 is 0 Å². The van der Waals surface area contributed by atoms with Crippen LogP contribution in [0.5, 0.6) is 0 Å². The summed E-state index contributed by atoms with van der Waals surface area (Å²) in [5.41, 5.74) is 3.85. The molecule has 1 aromatic heterocycles. The van der Waals surface area contributed by atoms with Crippen LogP contribution in [0.15, 0.2) is 53.8 Å². The number of nitrogens with one attached hydrogen (secondary N) is 1. The number of anilines is 1. The molecule has 1 N–H and O–H groups in total. The van der Waals surface area contributed by atoms with Gasteiger partial charge >= 0.3 is 0 Å². The summed E-state index contributed by atoms with van der Waals surface area (Å²) in [6, 6.07) is 8.81. The molecule has 0 spiro atoms. The first-order valence-corrected chi connectivity index (χ1v) is 10.2. The number of hydrogen-bond acceptors (Lipinski definition) is 3. The molecule has 1 fully saturated rings. The predicted octanol–water partition coefficient (Wildman–Crippen LogP) is 2.75. The Labute approximate surface area is 167 Å². The number of aromatic nitrogens is 2. The zero-order valence-electron chi connectivity index (χ0n) is 16.9. The van der Waals surface area contributed by atoms with Crippen molar-refractivity contribution in [1.29, 1.82) is 0 Å². The van der Waals surface area contributed by atoms with Crippen LogP contribution in [0.2, 0.25) is 0 Å². The van der Waals surface area contributed by atoms with Gasteiger partial charge in [0.1, 0.15) is 0 Å². The van der Waals surface area contributed by atoms with E-state index in [2.05, 4.69) is 69.8 Å². The minimum absolute atomic E-state index is 0.533. The Bertz CT molecular complexity index is 827. The van der Waals surface area contributed by atoms with E-state index < -0.39 is 0 Å². The molecule has 0 radical (unpaired) electrons. The van der Waals surface area contributed by atoms with Gasteiger partial charge in [-0.3, -0.25) is 4.68 Å². The molecule has 6 heteroatoms. The molecule has 1 unspecified atom stereocenters. The van der Waals surface area contributed by atoms with E-state index in [-0.39, 0.29) is 0 Å². The van der Waals surface area contributed by atoms with Crippen molar-refractivity contribution in [2.45, 2.75) is 25.8 Å². The van der Waals surface area contributed by atoms with Crippen LogP contribution in [-0.2, 0) is 13.6 Å². The molecule has 1 aromatic carbocycles. The average Bonchev–Trinajstić information content (AvgIpc) is 3.46. The predicted molar refractivity (Wildman–Crippen MR) is 115 cm³/mol. The molecule has 2 aromatic rings. The molecule has 3 heterocycles. The molecule has 1 atom stereocenters. The van der Waals surface area contributed by atoms with Gasteiger partial charge in [0.15, 0.2) is 5.96 Å². The standard InChI is InChI=1S/C22H30N6/c1-3-23-22(28-13-10-19(17-28)20-15-25-26(2)16-20)24-14-18-6-8-21(9-7-18)27-11-4-5-12-27/h4-9,15-16,19H,3,10-14,17H2,1-2H3,(H,23,24). The van der Waals surface area contributed by atoms with Crippen LogP contribution in [0, 0.1) is 0 Å². The van der Waals surface area contributed by atoms with Gasteiger partial charge in [-0.2, -0.15) is 5.10 Å². The Morgan fingerprint density at radius 1 is 1.21 bits per heavy atom. The quantitative estimate of drug-likeness (QED) is 0.494. The van der Waals surface area contributed by atoms with Crippen molar-refractivity contribution in [3.63, 3.8) is 0 Å². The number of nitrogens with zero attached hydrogens (tertiary/aromatic N) is 5. The lowest BCUT2D eigenvalue weighted by Crippen LogP contribution is -2.40. The molecule has 4 rings (SSSR count). The fourth-order valence-corrected chi connectivity index (χ4v) is 3.97. The van der Waals surface area contributed by atoms with Gasteiger partial charge in [0.2, 0.25) is 0 Å². The number of aliphatic imine (C=N–C) groups is 1. The number of likely N-dealkylation sites (tertiary alicyclic amines) is 1. The highest BCUT2D eigenvalue weighted by atomic mass is 15.3. The van der Waals surface area contributed by atoms with Crippen LogP contribution in [-0.4, -0.2) is 53.4 Å². The third-order valence-electron chi connectivity index (χ3n) is 5.55. The second-order valence-electron chi connectivity index (χ2n) is 7.59. The minimum atomic E-state index is 0.533. The number of aryl methyl sites for hydroxylation is 1. The monoisotopic (exact) mass is 378 g/mol. The van der Waals surface area contributed by atoms with Crippen molar-refractivity contribution >= 4 is 11.6 Å². The summed E-state index contributed by atoms with van der Waals surface area (Å²) in [5.74, 6) is 1.55. The van der Waals surface area contributed by atoms with Gasteiger partial charge in [0.25, 0.3) is 0 Å². The van der Waals surface area contributed by atoms with Crippen molar-refractivity contribution in [2.75, 3.05) is 37.6 Å². The summed E-state index contributed by atoms with van der Waals surface area (Å²) >= 11 is 0. The number of guanidine groups is 1. The van der Waals surface area contributed by atoms with Crippen LogP contribution < -0.4 is 10.2 Å². The SMILES string of the molecule is CCNC(=NCc1ccc(N2CC=CC2)cc1)N1CCC(c2cnn(C)c2)C1. The van der Waals surface area contributed by atoms with E-state index >= 15 is 0 Å². The van der Waals surface area contributed by atoms with E-state index in [0.717, 1.165) is 45.1 Å². The molecule has 1 saturated heterocycles. The van der Waals surface area contributed by atoms with E-state index in [9.17, 15) is 0 Å². The highest BCUT2D eigenvalue weighted by Crippen LogP contribution is 2.26. The van der Waals surface area contributed by atoms with E-state index in [1.165, 1.54) is 16.8 Å².